The van der Waals surface area contributed by atoms with Crippen LogP contribution in [-0.4, -0.2) is 52.9 Å². The molecule has 2 rings (SSSR count). The summed E-state index contributed by atoms with van der Waals surface area (Å²) in [5.41, 5.74) is 0.662. The fourth-order valence-electron chi connectivity index (χ4n) is 2.68. The SMILES string of the molecule is CCN(CC)C1CCN(C(=O)c2cncc(Br)c2)C1. The number of halogens is 1. The Hall–Kier alpha value is -0.940. The van der Waals surface area contributed by atoms with E-state index in [4.69, 9.17) is 0 Å². The summed E-state index contributed by atoms with van der Waals surface area (Å²) in [6.07, 6.45) is 4.39. The van der Waals surface area contributed by atoms with E-state index >= 15 is 0 Å². The molecular weight excluding hydrogens is 306 g/mol. The minimum absolute atomic E-state index is 0.0865. The summed E-state index contributed by atoms with van der Waals surface area (Å²) < 4.78 is 0.845. The van der Waals surface area contributed by atoms with Gasteiger partial charge < -0.3 is 4.90 Å². The average molecular weight is 326 g/mol. The summed E-state index contributed by atoms with van der Waals surface area (Å²) >= 11 is 3.36. The largest absolute Gasteiger partial charge is 0.337 e. The average Bonchev–Trinajstić information content (AvgIpc) is 2.89. The molecule has 19 heavy (non-hydrogen) atoms. The molecule has 0 saturated carbocycles. The molecule has 1 saturated heterocycles. The number of likely N-dealkylation sites (N-methyl/N-ethyl adjacent to an activating group) is 1. The Morgan fingerprint density at radius 3 is 2.84 bits per heavy atom. The molecule has 0 aromatic carbocycles. The van der Waals surface area contributed by atoms with Crippen LogP contribution in [0.2, 0.25) is 0 Å². The first-order chi connectivity index (χ1) is 9.15. The second-order valence-corrected chi connectivity index (χ2v) is 5.72. The zero-order valence-corrected chi connectivity index (χ0v) is 13.1. The van der Waals surface area contributed by atoms with Crippen molar-refractivity contribution >= 4 is 21.8 Å². The summed E-state index contributed by atoms with van der Waals surface area (Å²) in [6, 6.07) is 2.33. The van der Waals surface area contributed by atoms with Crippen LogP contribution in [0.4, 0.5) is 0 Å². The van der Waals surface area contributed by atoms with Gasteiger partial charge >= 0.3 is 0 Å². The summed E-state index contributed by atoms with van der Waals surface area (Å²) in [5.74, 6) is 0.0865. The van der Waals surface area contributed by atoms with Gasteiger partial charge in [-0.3, -0.25) is 14.7 Å². The van der Waals surface area contributed by atoms with Gasteiger partial charge in [-0.25, -0.2) is 0 Å². The van der Waals surface area contributed by atoms with Gasteiger partial charge in [-0.2, -0.15) is 0 Å². The van der Waals surface area contributed by atoms with E-state index in [1.807, 2.05) is 11.0 Å². The van der Waals surface area contributed by atoms with E-state index in [-0.39, 0.29) is 5.91 Å². The monoisotopic (exact) mass is 325 g/mol. The van der Waals surface area contributed by atoms with Crippen molar-refractivity contribution in [2.24, 2.45) is 0 Å². The van der Waals surface area contributed by atoms with Crippen LogP contribution in [0.25, 0.3) is 0 Å². The minimum atomic E-state index is 0.0865. The van der Waals surface area contributed by atoms with Gasteiger partial charge in [0.15, 0.2) is 0 Å². The number of hydrogen-bond acceptors (Lipinski definition) is 3. The maximum absolute atomic E-state index is 12.4. The number of likely N-dealkylation sites (tertiary alicyclic amines) is 1. The topological polar surface area (TPSA) is 36.4 Å². The maximum Gasteiger partial charge on any atom is 0.255 e. The van der Waals surface area contributed by atoms with Gasteiger partial charge in [0.05, 0.1) is 5.56 Å². The van der Waals surface area contributed by atoms with Crippen molar-refractivity contribution in [1.29, 1.82) is 0 Å². The Bertz CT molecular complexity index is 448. The molecule has 0 N–H and O–H groups in total. The Kier molecular flexibility index (Phi) is 4.93. The number of carbonyl (C=O) groups excluding carboxylic acids is 1. The van der Waals surface area contributed by atoms with E-state index in [0.717, 1.165) is 37.1 Å². The van der Waals surface area contributed by atoms with Crippen molar-refractivity contribution < 1.29 is 4.79 Å². The lowest BCUT2D eigenvalue weighted by molar-refractivity contribution is 0.0777. The van der Waals surface area contributed by atoms with Crippen molar-refractivity contribution in [2.45, 2.75) is 26.3 Å². The number of hydrogen-bond donors (Lipinski definition) is 0. The number of pyridine rings is 1. The number of rotatable bonds is 4. The van der Waals surface area contributed by atoms with Crippen LogP contribution in [-0.2, 0) is 0 Å². The normalized spacial score (nSPS) is 19.2. The van der Waals surface area contributed by atoms with Gasteiger partial charge in [0, 0.05) is 36.0 Å². The highest BCUT2D eigenvalue weighted by molar-refractivity contribution is 9.10. The molecule has 2 heterocycles. The zero-order valence-electron chi connectivity index (χ0n) is 11.5. The van der Waals surface area contributed by atoms with E-state index in [1.54, 1.807) is 12.4 Å². The van der Waals surface area contributed by atoms with Gasteiger partial charge in [-0.05, 0) is 41.5 Å². The molecular formula is C14H20BrN3O. The van der Waals surface area contributed by atoms with Crippen molar-refractivity contribution in [3.8, 4) is 0 Å². The Morgan fingerprint density at radius 2 is 2.21 bits per heavy atom. The van der Waals surface area contributed by atoms with Crippen LogP contribution < -0.4 is 0 Å². The van der Waals surface area contributed by atoms with Gasteiger partial charge in [-0.1, -0.05) is 13.8 Å². The first kappa shape index (κ1) is 14.5. The van der Waals surface area contributed by atoms with Gasteiger partial charge in [0.2, 0.25) is 0 Å². The lowest BCUT2D eigenvalue weighted by atomic mass is 10.2. The fraction of sp³-hybridized carbons (Fsp3) is 0.571. The predicted molar refractivity (Wildman–Crippen MR) is 79.2 cm³/mol. The second kappa shape index (κ2) is 6.48. The highest BCUT2D eigenvalue weighted by Crippen LogP contribution is 2.19. The smallest absolute Gasteiger partial charge is 0.255 e. The lowest BCUT2D eigenvalue weighted by Crippen LogP contribution is -2.38. The number of nitrogens with zero attached hydrogens (tertiary/aromatic N) is 3. The van der Waals surface area contributed by atoms with Crippen LogP contribution in [0.15, 0.2) is 22.9 Å². The van der Waals surface area contributed by atoms with Crippen molar-refractivity contribution in [3.63, 3.8) is 0 Å². The molecule has 0 aliphatic carbocycles. The summed E-state index contributed by atoms with van der Waals surface area (Å²) in [5, 5.41) is 0. The standard InChI is InChI=1S/C14H20BrN3O/c1-3-17(4-2)13-5-6-18(10-13)14(19)11-7-12(15)9-16-8-11/h7-9,13H,3-6,10H2,1-2H3. The summed E-state index contributed by atoms with van der Waals surface area (Å²) in [4.78, 5) is 20.8. The van der Waals surface area contributed by atoms with Crippen molar-refractivity contribution in [1.82, 2.24) is 14.8 Å². The molecule has 0 spiro atoms. The molecule has 4 nitrogen and oxygen atoms in total. The van der Waals surface area contributed by atoms with E-state index in [2.05, 4.69) is 39.7 Å². The molecule has 1 aromatic heterocycles. The molecule has 5 heteroatoms. The number of carbonyl (C=O) groups is 1. The molecule has 1 aliphatic rings. The van der Waals surface area contributed by atoms with Gasteiger partial charge in [0.25, 0.3) is 5.91 Å². The summed E-state index contributed by atoms with van der Waals surface area (Å²) in [6.45, 7) is 8.10. The molecule has 1 fully saturated rings. The fourth-order valence-corrected chi connectivity index (χ4v) is 3.04. The van der Waals surface area contributed by atoms with Crippen molar-refractivity contribution in [3.05, 3.63) is 28.5 Å². The minimum Gasteiger partial charge on any atom is -0.337 e. The zero-order chi connectivity index (χ0) is 13.8. The Morgan fingerprint density at radius 1 is 1.47 bits per heavy atom. The van der Waals surface area contributed by atoms with E-state index in [0.29, 0.717) is 11.6 Å². The predicted octanol–water partition coefficient (Wildman–Crippen LogP) is 2.40. The third kappa shape index (κ3) is 3.34. The molecule has 1 aromatic rings. The summed E-state index contributed by atoms with van der Waals surface area (Å²) in [7, 11) is 0. The van der Waals surface area contributed by atoms with Crippen LogP contribution in [0.1, 0.15) is 30.6 Å². The van der Waals surface area contributed by atoms with Crippen LogP contribution in [0, 0.1) is 0 Å². The molecule has 1 aliphatic heterocycles. The Labute approximate surface area is 122 Å². The number of aromatic nitrogens is 1. The highest BCUT2D eigenvalue weighted by Gasteiger charge is 2.29. The third-order valence-corrected chi connectivity index (χ3v) is 4.16. The van der Waals surface area contributed by atoms with E-state index in [1.165, 1.54) is 0 Å². The van der Waals surface area contributed by atoms with Crippen LogP contribution in [0.5, 0.6) is 0 Å². The quantitative estimate of drug-likeness (QED) is 0.852. The maximum atomic E-state index is 12.4. The van der Waals surface area contributed by atoms with Gasteiger partial charge in [-0.15, -0.1) is 0 Å². The number of amides is 1. The lowest BCUT2D eigenvalue weighted by Gasteiger charge is -2.26. The van der Waals surface area contributed by atoms with Crippen LogP contribution in [0.3, 0.4) is 0 Å². The molecule has 1 amide bonds. The molecule has 1 atom stereocenters. The highest BCUT2D eigenvalue weighted by atomic mass is 79.9. The first-order valence-electron chi connectivity index (χ1n) is 6.79. The molecule has 104 valence electrons. The third-order valence-electron chi connectivity index (χ3n) is 3.73. The van der Waals surface area contributed by atoms with E-state index in [9.17, 15) is 4.79 Å². The van der Waals surface area contributed by atoms with Crippen molar-refractivity contribution in [2.75, 3.05) is 26.2 Å². The second-order valence-electron chi connectivity index (χ2n) is 4.81. The van der Waals surface area contributed by atoms with E-state index < -0.39 is 0 Å². The molecule has 1 unspecified atom stereocenters. The molecule has 0 bridgehead atoms. The molecule has 0 radical (unpaired) electrons. The van der Waals surface area contributed by atoms with Crippen LogP contribution >= 0.6 is 15.9 Å². The first-order valence-corrected chi connectivity index (χ1v) is 7.58. The van der Waals surface area contributed by atoms with Gasteiger partial charge in [0.1, 0.15) is 0 Å². The Balaban J connectivity index is 2.02.